The molecular formula is C15H12F4O. The Morgan fingerprint density at radius 2 is 1.60 bits per heavy atom. The molecule has 0 saturated heterocycles. The van der Waals surface area contributed by atoms with Gasteiger partial charge in [-0.25, -0.2) is 17.6 Å². The van der Waals surface area contributed by atoms with E-state index in [9.17, 15) is 22.7 Å². The van der Waals surface area contributed by atoms with E-state index in [4.69, 9.17) is 0 Å². The minimum atomic E-state index is -2.65. The topological polar surface area (TPSA) is 20.2 Å². The molecule has 1 atom stereocenters. The molecule has 0 fully saturated rings. The van der Waals surface area contributed by atoms with Crippen LogP contribution in [-0.2, 0) is 6.42 Å². The summed E-state index contributed by atoms with van der Waals surface area (Å²) in [5.41, 5.74) is 0.0210. The Kier molecular flexibility index (Phi) is 4.39. The number of halogens is 4. The fourth-order valence-electron chi connectivity index (χ4n) is 1.93. The van der Waals surface area contributed by atoms with Crippen LogP contribution in [-0.4, -0.2) is 5.11 Å². The number of hydrogen-bond acceptors (Lipinski definition) is 1. The second kappa shape index (κ2) is 6.05. The summed E-state index contributed by atoms with van der Waals surface area (Å²) >= 11 is 0. The van der Waals surface area contributed by atoms with Crippen LogP contribution in [0.5, 0.6) is 0 Å². The second-order valence-corrected chi connectivity index (χ2v) is 4.40. The molecule has 0 saturated carbocycles. The first-order valence-electron chi connectivity index (χ1n) is 5.98. The largest absolute Gasteiger partial charge is 0.388 e. The molecule has 106 valence electrons. The first-order valence-corrected chi connectivity index (χ1v) is 5.98. The van der Waals surface area contributed by atoms with E-state index in [0.717, 1.165) is 12.1 Å². The van der Waals surface area contributed by atoms with Gasteiger partial charge in [0.05, 0.1) is 6.10 Å². The molecule has 0 spiro atoms. The maximum atomic E-state index is 13.5. The minimum absolute atomic E-state index is 0.0000463. The van der Waals surface area contributed by atoms with Crippen molar-refractivity contribution >= 4 is 0 Å². The molecule has 1 nitrogen and oxygen atoms in total. The number of aliphatic hydroxyl groups excluding tert-OH is 1. The van der Waals surface area contributed by atoms with Crippen LogP contribution < -0.4 is 0 Å². The summed E-state index contributed by atoms with van der Waals surface area (Å²) in [5.74, 6) is -2.03. The summed E-state index contributed by atoms with van der Waals surface area (Å²) in [6, 6.07) is 8.91. The van der Waals surface area contributed by atoms with E-state index in [-0.39, 0.29) is 23.1 Å². The van der Waals surface area contributed by atoms with Crippen molar-refractivity contribution in [3.63, 3.8) is 0 Å². The average Bonchev–Trinajstić information content (AvgIpc) is 2.44. The third kappa shape index (κ3) is 3.17. The Morgan fingerprint density at radius 3 is 2.30 bits per heavy atom. The van der Waals surface area contributed by atoms with E-state index in [2.05, 4.69) is 0 Å². The molecule has 0 bridgehead atoms. The van der Waals surface area contributed by atoms with Crippen molar-refractivity contribution in [2.45, 2.75) is 19.0 Å². The maximum absolute atomic E-state index is 13.5. The third-order valence-electron chi connectivity index (χ3n) is 2.99. The SMILES string of the molecule is OC(Cc1cccc(F)c1F)c1cccc(C(F)F)c1. The van der Waals surface area contributed by atoms with Gasteiger partial charge >= 0.3 is 0 Å². The maximum Gasteiger partial charge on any atom is 0.263 e. The third-order valence-corrected chi connectivity index (χ3v) is 2.99. The predicted molar refractivity (Wildman–Crippen MR) is 66.4 cm³/mol. The molecule has 0 heterocycles. The van der Waals surface area contributed by atoms with Crippen LogP contribution in [0.15, 0.2) is 42.5 Å². The van der Waals surface area contributed by atoms with E-state index in [1.165, 1.54) is 30.3 Å². The monoisotopic (exact) mass is 284 g/mol. The van der Waals surface area contributed by atoms with Gasteiger partial charge in [-0.05, 0) is 23.3 Å². The molecule has 0 aromatic heterocycles. The standard InChI is InChI=1S/C15H12F4O/c16-12-6-2-4-10(14(12)17)8-13(20)9-3-1-5-11(7-9)15(18)19/h1-7,13,15,20H,8H2. The lowest BCUT2D eigenvalue weighted by molar-refractivity contribution is 0.149. The van der Waals surface area contributed by atoms with Gasteiger partial charge in [0.2, 0.25) is 0 Å². The highest BCUT2D eigenvalue weighted by atomic mass is 19.3. The van der Waals surface area contributed by atoms with Crippen molar-refractivity contribution in [1.82, 2.24) is 0 Å². The fourth-order valence-corrected chi connectivity index (χ4v) is 1.93. The Hall–Kier alpha value is -1.88. The van der Waals surface area contributed by atoms with Crippen LogP contribution in [0, 0.1) is 11.6 Å². The van der Waals surface area contributed by atoms with Gasteiger partial charge in [-0.3, -0.25) is 0 Å². The van der Waals surface area contributed by atoms with E-state index >= 15 is 0 Å². The first-order chi connectivity index (χ1) is 9.49. The quantitative estimate of drug-likeness (QED) is 0.835. The van der Waals surface area contributed by atoms with Crippen molar-refractivity contribution < 1.29 is 22.7 Å². The van der Waals surface area contributed by atoms with Crippen molar-refractivity contribution in [3.05, 3.63) is 70.8 Å². The molecule has 20 heavy (non-hydrogen) atoms. The molecule has 0 aliphatic carbocycles. The highest BCUT2D eigenvalue weighted by Gasteiger charge is 2.16. The number of hydrogen-bond donors (Lipinski definition) is 1. The van der Waals surface area contributed by atoms with Crippen LogP contribution in [0.3, 0.4) is 0 Å². The van der Waals surface area contributed by atoms with E-state index in [0.29, 0.717) is 0 Å². The molecule has 0 radical (unpaired) electrons. The Morgan fingerprint density at radius 1 is 0.950 bits per heavy atom. The molecule has 1 unspecified atom stereocenters. The summed E-state index contributed by atoms with van der Waals surface area (Å²) < 4.78 is 51.7. The zero-order valence-corrected chi connectivity index (χ0v) is 10.4. The first kappa shape index (κ1) is 14.5. The zero-order chi connectivity index (χ0) is 14.7. The van der Waals surface area contributed by atoms with Crippen molar-refractivity contribution in [2.75, 3.05) is 0 Å². The number of alkyl halides is 2. The molecule has 0 amide bonds. The summed E-state index contributed by atoms with van der Waals surface area (Å²) in [4.78, 5) is 0. The average molecular weight is 284 g/mol. The summed E-state index contributed by atoms with van der Waals surface area (Å²) in [6.45, 7) is 0. The zero-order valence-electron chi connectivity index (χ0n) is 10.4. The molecule has 0 aliphatic heterocycles. The van der Waals surface area contributed by atoms with Gasteiger partial charge in [-0.2, -0.15) is 0 Å². The van der Waals surface area contributed by atoms with Crippen molar-refractivity contribution in [3.8, 4) is 0 Å². The summed E-state index contributed by atoms with van der Waals surface area (Å²) in [6.07, 6.45) is -4.01. The van der Waals surface area contributed by atoms with Gasteiger partial charge in [0, 0.05) is 12.0 Å². The van der Waals surface area contributed by atoms with Crippen LogP contribution >= 0.6 is 0 Å². The number of rotatable bonds is 4. The lowest BCUT2D eigenvalue weighted by Crippen LogP contribution is -2.05. The summed E-state index contributed by atoms with van der Waals surface area (Å²) in [7, 11) is 0. The van der Waals surface area contributed by atoms with Gasteiger partial charge in [-0.15, -0.1) is 0 Å². The highest BCUT2D eigenvalue weighted by Crippen LogP contribution is 2.25. The molecular weight excluding hydrogens is 272 g/mol. The van der Waals surface area contributed by atoms with Gasteiger partial charge in [-0.1, -0.05) is 30.3 Å². The van der Waals surface area contributed by atoms with Crippen LogP contribution in [0.4, 0.5) is 17.6 Å². The van der Waals surface area contributed by atoms with Crippen molar-refractivity contribution in [2.24, 2.45) is 0 Å². The molecule has 5 heteroatoms. The van der Waals surface area contributed by atoms with Crippen LogP contribution in [0.25, 0.3) is 0 Å². The molecule has 2 aromatic rings. The smallest absolute Gasteiger partial charge is 0.263 e. The molecule has 2 rings (SSSR count). The lowest BCUT2D eigenvalue weighted by atomic mass is 9.99. The Bertz CT molecular complexity index is 598. The Labute approximate surface area is 113 Å². The lowest BCUT2D eigenvalue weighted by Gasteiger charge is -2.13. The number of benzene rings is 2. The van der Waals surface area contributed by atoms with Gasteiger partial charge in [0.1, 0.15) is 0 Å². The molecule has 0 aliphatic rings. The normalized spacial score (nSPS) is 12.7. The van der Waals surface area contributed by atoms with Crippen LogP contribution in [0.2, 0.25) is 0 Å². The van der Waals surface area contributed by atoms with Gasteiger partial charge in [0.15, 0.2) is 11.6 Å². The van der Waals surface area contributed by atoms with Crippen molar-refractivity contribution in [1.29, 1.82) is 0 Å². The summed E-state index contributed by atoms with van der Waals surface area (Å²) in [5, 5.41) is 9.96. The van der Waals surface area contributed by atoms with Gasteiger partial charge < -0.3 is 5.11 Å². The van der Waals surface area contributed by atoms with E-state index in [1.807, 2.05) is 0 Å². The second-order valence-electron chi connectivity index (χ2n) is 4.40. The highest BCUT2D eigenvalue weighted by molar-refractivity contribution is 5.28. The van der Waals surface area contributed by atoms with Crippen LogP contribution in [0.1, 0.15) is 29.2 Å². The Balaban J connectivity index is 2.21. The van der Waals surface area contributed by atoms with E-state index in [1.54, 1.807) is 0 Å². The number of aliphatic hydroxyl groups is 1. The predicted octanol–water partition coefficient (Wildman–Crippen LogP) is 4.18. The molecule has 2 aromatic carbocycles. The van der Waals surface area contributed by atoms with E-state index < -0.39 is 24.2 Å². The fraction of sp³-hybridized carbons (Fsp3) is 0.200. The molecule has 1 N–H and O–H groups in total. The van der Waals surface area contributed by atoms with Gasteiger partial charge in [0.25, 0.3) is 6.43 Å². The minimum Gasteiger partial charge on any atom is -0.388 e.